The van der Waals surface area contributed by atoms with Crippen molar-refractivity contribution < 1.29 is 9.13 Å². The fourth-order valence-electron chi connectivity index (χ4n) is 1.43. The molecule has 0 radical (unpaired) electrons. The maximum Gasteiger partial charge on any atom is 0.147 e. The van der Waals surface area contributed by atoms with Crippen LogP contribution in [0.15, 0.2) is 41.0 Å². The van der Waals surface area contributed by atoms with Crippen LogP contribution in [0.25, 0.3) is 0 Å². The van der Waals surface area contributed by atoms with Gasteiger partial charge in [-0.3, -0.25) is 0 Å². The first-order valence-corrected chi connectivity index (χ1v) is 5.91. The van der Waals surface area contributed by atoms with Gasteiger partial charge in [0.2, 0.25) is 0 Å². The van der Waals surface area contributed by atoms with Crippen molar-refractivity contribution in [2.45, 2.75) is 6.61 Å². The van der Waals surface area contributed by atoms with Crippen molar-refractivity contribution in [2.24, 2.45) is 0 Å². The molecule has 3 nitrogen and oxygen atoms in total. The number of hydrogen-bond acceptors (Lipinski definition) is 3. The second-order valence-electron chi connectivity index (χ2n) is 3.52. The zero-order valence-corrected chi connectivity index (χ0v) is 10.8. The van der Waals surface area contributed by atoms with Crippen molar-refractivity contribution in [3.8, 4) is 11.8 Å². The standard InChI is InChI=1S/C13H8BrFN2O/c14-10-4-11(15)6-12(5-10)18-8-9-2-1-3-17-13(9)7-16/h1-6H,8H2. The number of benzene rings is 1. The highest BCUT2D eigenvalue weighted by Gasteiger charge is 2.04. The van der Waals surface area contributed by atoms with E-state index < -0.39 is 0 Å². The van der Waals surface area contributed by atoms with E-state index in [2.05, 4.69) is 20.9 Å². The van der Waals surface area contributed by atoms with Crippen LogP contribution in [0.1, 0.15) is 11.3 Å². The van der Waals surface area contributed by atoms with Crippen molar-refractivity contribution in [2.75, 3.05) is 0 Å². The molecule has 0 atom stereocenters. The Balaban J connectivity index is 2.14. The topological polar surface area (TPSA) is 45.9 Å². The lowest BCUT2D eigenvalue weighted by atomic mass is 10.2. The van der Waals surface area contributed by atoms with Crippen LogP contribution in [-0.2, 0) is 6.61 Å². The van der Waals surface area contributed by atoms with Gasteiger partial charge in [0.25, 0.3) is 0 Å². The minimum Gasteiger partial charge on any atom is -0.489 e. The normalized spacial score (nSPS) is 9.83. The largest absolute Gasteiger partial charge is 0.489 e. The molecule has 0 aliphatic rings. The smallest absolute Gasteiger partial charge is 0.147 e. The highest BCUT2D eigenvalue weighted by Crippen LogP contribution is 2.21. The Kier molecular flexibility index (Phi) is 3.90. The Morgan fingerprint density at radius 1 is 1.39 bits per heavy atom. The van der Waals surface area contributed by atoms with Gasteiger partial charge in [0.1, 0.15) is 29.9 Å². The molecule has 18 heavy (non-hydrogen) atoms. The van der Waals surface area contributed by atoms with Gasteiger partial charge in [-0.25, -0.2) is 9.37 Å². The maximum absolute atomic E-state index is 13.1. The van der Waals surface area contributed by atoms with Gasteiger partial charge in [-0.2, -0.15) is 5.26 Å². The SMILES string of the molecule is N#Cc1ncccc1COc1cc(F)cc(Br)c1. The zero-order chi connectivity index (χ0) is 13.0. The lowest BCUT2D eigenvalue weighted by Crippen LogP contribution is -2.00. The molecule has 2 aromatic rings. The van der Waals surface area contributed by atoms with E-state index in [4.69, 9.17) is 10.00 Å². The van der Waals surface area contributed by atoms with Gasteiger partial charge in [0.15, 0.2) is 0 Å². The van der Waals surface area contributed by atoms with E-state index in [0.717, 1.165) is 0 Å². The second-order valence-corrected chi connectivity index (χ2v) is 4.43. The molecule has 5 heteroatoms. The second kappa shape index (κ2) is 5.61. The Hall–Kier alpha value is -1.93. The molecule has 0 unspecified atom stereocenters. The predicted molar refractivity (Wildman–Crippen MR) is 67.4 cm³/mol. The van der Waals surface area contributed by atoms with Crippen LogP contribution < -0.4 is 4.74 Å². The Morgan fingerprint density at radius 3 is 2.94 bits per heavy atom. The van der Waals surface area contributed by atoms with E-state index in [9.17, 15) is 4.39 Å². The summed E-state index contributed by atoms with van der Waals surface area (Å²) in [6.07, 6.45) is 1.54. The summed E-state index contributed by atoms with van der Waals surface area (Å²) in [4.78, 5) is 3.92. The number of aromatic nitrogens is 1. The first kappa shape index (κ1) is 12.5. The summed E-state index contributed by atoms with van der Waals surface area (Å²) < 4.78 is 19.2. The highest BCUT2D eigenvalue weighted by atomic mass is 79.9. The third-order valence-electron chi connectivity index (χ3n) is 2.23. The van der Waals surface area contributed by atoms with Crippen molar-refractivity contribution in [3.05, 3.63) is 58.1 Å². The first-order chi connectivity index (χ1) is 8.69. The molecular weight excluding hydrogens is 299 g/mol. The minimum absolute atomic E-state index is 0.173. The molecule has 1 aromatic carbocycles. The van der Waals surface area contributed by atoms with Gasteiger partial charge in [0.05, 0.1) is 0 Å². The molecule has 0 aliphatic carbocycles. The molecule has 0 amide bonds. The zero-order valence-electron chi connectivity index (χ0n) is 9.23. The molecule has 0 fully saturated rings. The molecule has 0 bridgehead atoms. The number of nitriles is 1. The third kappa shape index (κ3) is 3.05. The Labute approximate surface area is 112 Å². The van der Waals surface area contributed by atoms with E-state index in [1.54, 1.807) is 24.4 Å². The molecule has 0 N–H and O–H groups in total. The number of rotatable bonds is 3. The molecule has 2 rings (SSSR count). The molecule has 0 aliphatic heterocycles. The van der Waals surface area contributed by atoms with Gasteiger partial charge in [-0.1, -0.05) is 22.0 Å². The molecule has 90 valence electrons. The van der Waals surface area contributed by atoms with E-state index in [1.807, 2.05) is 6.07 Å². The van der Waals surface area contributed by atoms with Gasteiger partial charge in [0, 0.05) is 22.3 Å². The van der Waals surface area contributed by atoms with E-state index in [0.29, 0.717) is 21.5 Å². The van der Waals surface area contributed by atoms with Gasteiger partial charge in [-0.05, 0) is 18.2 Å². The fraction of sp³-hybridized carbons (Fsp3) is 0.0769. The van der Waals surface area contributed by atoms with Crippen LogP contribution >= 0.6 is 15.9 Å². The van der Waals surface area contributed by atoms with Crippen LogP contribution in [0.2, 0.25) is 0 Å². The molecular formula is C13H8BrFN2O. The van der Waals surface area contributed by atoms with Crippen molar-refractivity contribution in [3.63, 3.8) is 0 Å². The van der Waals surface area contributed by atoms with Gasteiger partial charge in [-0.15, -0.1) is 0 Å². The number of hydrogen-bond donors (Lipinski definition) is 0. The lowest BCUT2D eigenvalue weighted by Gasteiger charge is -2.07. The third-order valence-corrected chi connectivity index (χ3v) is 2.69. The van der Waals surface area contributed by atoms with Crippen molar-refractivity contribution in [1.82, 2.24) is 4.98 Å². The summed E-state index contributed by atoms with van der Waals surface area (Å²) in [5.41, 5.74) is 0.980. The van der Waals surface area contributed by atoms with Crippen molar-refractivity contribution in [1.29, 1.82) is 5.26 Å². The quantitative estimate of drug-likeness (QED) is 0.872. The number of nitrogens with zero attached hydrogens (tertiary/aromatic N) is 2. The van der Waals surface area contributed by atoms with Crippen LogP contribution in [-0.4, -0.2) is 4.98 Å². The predicted octanol–water partition coefficient (Wildman–Crippen LogP) is 3.43. The average Bonchev–Trinajstić information content (AvgIpc) is 2.35. The lowest BCUT2D eigenvalue weighted by molar-refractivity contribution is 0.303. The van der Waals surface area contributed by atoms with Crippen LogP contribution in [0, 0.1) is 17.1 Å². The summed E-state index contributed by atoms with van der Waals surface area (Å²) in [6, 6.07) is 9.74. The van der Waals surface area contributed by atoms with E-state index in [-0.39, 0.29) is 12.4 Å². The summed E-state index contributed by atoms with van der Waals surface area (Å²) >= 11 is 3.18. The van der Waals surface area contributed by atoms with Crippen LogP contribution in [0.4, 0.5) is 4.39 Å². The van der Waals surface area contributed by atoms with Crippen LogP contribution in [0.5, 0.6) is 5.75 Å². The van der Waals surface area contributed by atoms with Gasteiger partial charge >= 0.3 is 0 Å². The molecule has 1 heterocycles. The van der Waals surface area contributed by atoms with Crippen molar-refractivity contribution >= 4 is 15.9 Å². The summed E-state index contributed by atoms with van der Waals surface area (Å²) in [5.74, 6) is 0.0145. The molecule has 1 aromatic heterocycles. The molecule has 0 saturated carbocycles. The summed E-state index contributed by atoms with van der Waals surface area (Å²) in [6.45, 7) is 0.173. The Morgan fingerprint density at radius 2 is 2.22 bits per heavy atom. The first-order valence-electron chi connectivity index (χ1n) is 5.12. The fourth-order valence-corrected chi connectivity index (χ4v) is 1.87. The average molecular weight is 307 g/mol. The number of halogens is 2. The van der Waals surface area contributed by atoms with E-state index in [1.165, 1.54) is 12.1 Å². The Bertz CT molecular complexity index is 590. The highest BCUT2D eigenvalue weighted by molar-refractivity contribution is 9.10. The summed E-state index contributed by atoms with van der Waals surface area (Å²) in [7, 11) is 0. The van der Waals surface area contributed by atoms with E-state index >= 15 is 0 Å². The molecule has 0 spiro atoms. The maximum atomic E-state index is 13.1. The van der Waals surface area contributed by atoms with Gasteiger partial charge < -0.3 is 4.74 Å². The minimum atomic E-state index is -0.383. The monoisotopic (exact) mass is 306 g/mol. The summed E-state index contributed by atoms with van der Waals surface area (Å²) in [5, 5.41) is 8.87. The molecule has 0 saturated heterocycles. The number of pyridine rings is 1. The number of ether oxygens (including phenoxy) is 1. The van der Waals surface area contributed by atoms with Crippen LogP contribution in [0.3, 0.4) is 0 Å².